The Morgan fingerprint density at radius 3 is 2.39 bits per heavy atom. The number of piperidine rings is 1. The number of para-hydroxylation sites is 1. The van der Waals surface area contributed by atoms with Crippen LogP contribution >= 0.6 is 12.4 Å². The van der Waals surface area contributed by atoms with Gasteiger partial charge in [0.05, 0.1) is 5.92 Å². The number of amides is 1. The van der Waals surface area contributed by atoms with E-state index in [1.54, 1.807) is 0 Å². The van der Waals surface area contributed by atoms with Gasteiger partial charge in [0.1, 0.15) is 11.5 Å². The van der Waals surface area contributed by atoms with Crippen LogP contribution in [0.25, 0.3) is 0 Å². The van der Waals surface area contributed by atoms with Crippen LogP contribution in [0.1, 0.15) is 12.8 Å². The zero-order valence-corrected chi connectivity index (χ0v) is 13.6. The molecule has 1 unspecified atom stereocenters. The quantitative estimate of drug-likeness (QED) is 0.894. The molecule has 23 heavy (non-hydrogen) atoms. The molecule has 1 heterocycles. The molecule has 122 valence electrons. The number of carbonyl (C=O) groups excluding carboxylic acids is 1. The summed E-state index contributed by atoms with van der Waals surface area (Å²) in [5.74, 6) is 1.70. The molecule has 1 aliphatic rings. The van der Waals surface area contributed by atoms with Gasteiger partial charge in [-0.1, -0.05) is 18.2 Å². The first-order chi connectivity index (χ1) is 10.8. The van der Waals surface area contributed by atoms with E-state index in [1.807, 2.05) is 54.6 Å². The van der Waals surface area contributed by atoms with Crippen molar-refractivity contribution in [3.05, 3.63) is 54.6 Å². The number of rotatable bonds is 4. The largest absolute Gasteiger partial charge is 0.457 e. The van der Waals surface area contributed by atoms with Crippen molar-refractivity contribution in [2.24, 2.45) is 5.92 Å². The predicted octanol–water partition coefficient (Wildman–Crippen LogP) is 3.84. The van der Waals surface area contributed by atoms with Gasteiger partial charge in [-0.3, -0.25) is 4.79 Å². The minimum atomic E-state index is 0. The summed E-state index contributed by atoms with van der Waals surface area (Å²) >= 11 is 0. The maximum atomic E-state index is 12.2. The lowest BCUT2D eigenvalue weighted by molar-refractivity contribution is -0.120. The van der Waals surface area contributed by atoms with Gasteiger partial charge >= 0.3 is 0 Å². The fourth-order valence-electron chi connectivity index (χ4n) is 2.55. The van der Waals surface area contributed by atoms with Gasteiger partial charge in [0.15, 0.2) is 0 Å². The molecule has 0 aliphatic carbocycles. The summed E-state index contributed by atoms with van der Waals surface area (Å²) in [5.41, 5.74) is 0.802. The third-order valence-corrected chi connectivity index (χ3v) is 3.77. The second kappa shape index (κ2) is 8.56. The highest BCUT2D eigenvalue weighted by Gasteiger charge is 2.20. The molecule has 2 aromatic rings. The molecule has 3 rings (SSSR count). The Balaban J connectivity index is 0.00000192. The molecule has 1 amide bonds. The molecule has 0 radical (unpaired) electrons. The molecule has 1 fully saturated rings. The van der Waals surface area contributed by atoms with Gasteiger partial charge in [0, 0.05) is 12.2 Å². The van der Waals surface area contributed by atoms with Crippen LogP contribution in [-0.2, 0) is 4.79 Å². The van der Waals surface area contributed by atoms with Crippen LogP contribution in [0, 0.1) is 5.92 Å². The van der Waals surface area contributed by atoms with Crippen LogP contribution in [0.3, 0.4) is 0 Å². The number of anilines is 1. The first kappa shape index (κ1) is 17.3. The van der Waals surface area contributed by atoms with Crippen LogP contribution in [0.5, 0.6) is 11.5 Å². The SMILES string of the molecule is Cl.O=C(Nc1ccc(Oc2ccccc2)cc1)C1CCCNC1. The molecular formula is C18H21ClN2O2. The number of nitrogens with one attached hydrogen (secondary N) is 2. The van der Waals surface area contributed by atoms with E-state index in [-0.39, 0.29) is 24.2 Å². The smallest absolute Gasteiger partial charge is 0.228 e. The third kappa shape index (κ3) is 4.98. The standard InChI is InChI=1S/C18H20N2O2.ClH/c21-18(14-5-4-12-19-13-14)20-15-8-10-17(11-9-15)22-16-6-2-1-3-7-16;/h1-3,6-11,14,19H,4-5,12-13H2,(H,20,21);1H. The zero-order chi connectivity index (χ0) is 15.2. The number of benzene rings is 2. The highest BCUT2D eigenvalue weighted by molar-refractivity contribution is 5.92. The molecule has 1 atom stereocenters. The van der Waals surface area contributed by atoms with E-state index in [1.165, 1.54) is 0 Å². The maximum absolute atomic E-state index is 12.2. The van der Waals surface area contributed by atoms with Crippen LogP contribution in [-0.4, -0.2) is 19.0 Å². The maximum Gasteiger partial charge on any atom is 0.228 e. The fraction of sp³-hybridized carbons (Fsp3) is 0.278. The molecule has 0 bridgehead atoms. The van der Waals surface area contributed by atoms with Crippen molar-refractivity contribution in [1.82, 2.24) is 5.32 Å². The fourth-order valence-corrected chi connectivity index (χ4v) is 2.55. The lowest BCUT2D eigenvalue weighted by Crippen LogP contribution is -2.37. The molecule has 0 aromatic heterocycles. The van der Waals surface area contributed by atoms with Crippen LogP contribution in [0.15, 0.2) is 54.6 Å². The number of hydrogen-bond acceptors (Lipinski definition) is 3. The van der Waals surface area contributed by atoms with Gasteiger partial charge in [-0.15, -0.1) is 12.4 Å². The van der Waals surface area contributed by atoms with Crippen molar-refractivity contribution >= 4 is 24.0 Å². The minimum Gasteiger partial charge on any atom is -0.457 e. The van der Waals surface area contributed by atoms with Gasteiger partial charge in [0.2, 0.25) is 5.91 Å². The molecule has 0 saturated carbocycles. The summed E-state index contributed by atoms with van der Waals surface area (Å²) < 4.78 is 5.73. The Morgan fingerprint density at radius 1 is 1.04 bits per heavy atom. The van der Waals surface area contributed by atoms with E-state index in [4.69, 9.17) is 4.74 Å². The Bertz CT molecular complexity index is 611. The van der Waals surface area contributed by atoms with Gasteiger partial charge < -0.3 is 15.4 Å². The van der Waals surface area contributed by atoms with Crippen molar-refractivity contribution in [1.29, 1.82) is 0 Å². The average molecular weight is 333 g/mol. The van der Waals surface area contributed by atoms with E-state index < -0.39 is 0 Å². The first-order valence-corrected chi connectivity index (χ1v) is 7.66. The Labute approximate surface area is 142 Å². The minimum absolute atomic E-state index is 0. The van der Waals surface area contributed by atoms with Crippen LogP contribution in [0.4, 0.5) is 5.69 Å². The number of ether oxygens (including phenoxy) is 1. The Morgan fingerprint density at radius 2 is 1.74 bits per heavy atom. The predicted molar refractivity (Wildman–Crippen MR) is 94.4 cm³/mol. The van der Waals surface area contributed by atoms with Crippen LogP contribution < -0.4 is 15.4 Å². The molecular weight excluding hydrogens is 312 g/mol. The number of carbonyl (C=O) groups is 1. The number of halogens is 1. The summed E-state index contributed by atoms with van der Waals surface area (Å²) in [7, 11) is 0. The molecule has 2 N–H and O–H groups in total. The second-order valence-electron chi connectivity index (χ2n) is 5.47. The van der Waals surface area contributed by atoms with E-state index in [0.717, 1.165) is 43.1 Å². The lowest BCUT2D eigenvalue weighted by Gasteiger charge is -2.21. The van der Waals surface area contributed by atoms with Crippen molar-refractivity contribution in [3.63, 3.8) is 0 Å². The summed E-state index contributed by atoms with van der Waals surface area (Å²) in [5, 5.41) is 6.23. The van der Waals surface area contributed by atoms with E-state index in [0.29, 0.717) is 0 Å². The van der Waals surface area contributed by atoms with Crippen molar-refractivity contribution in [3.8, 4) is 11.5 Å². The van der Waals surface area contributed by atoms with E-state index in [2.05, 4.69) is 10.6 Å². The summed E-state index contributed by atoms with van der Waals surface area (Å²) in [4.78, 5) is 12.2. The lowest BCUT2D eigenvalue weighted by atomic mass is 9.99. The Kier molecular flexibility index (Phi) is 6.44. The molecule has 1 aliphatic heterocycles. The molecule has 4 nitrogen and oxygen atoms in total. The Hall–Kier alpha value is -2.04. The van der Waals surface area contributed by atoms with Gasteiger partial charge in [0.25, 0.3) is 0 Å². The highest BCUT2D eigenvalue weighted by atomic mass is 35.5. The monoisotopic (exact) mass is 332 g/mol. The third-order valence-electron chi connectivity index (χ3n) is 3.77. The van der Waals surface area contributed by atoms with Crippen molar-refractivity contribution in [2.45, 2.75) is 12.8 Å². The molecule has 1 saturated heterocycles. The summed E-state index contributed by atoms with van der Waals surface area (Å²) in [6, 6.07) is 17.1. The second-order valence-corrected chi connectivity index (χ2v) is 5.47. The number of hydrogen-bond donors (Lipinski definition) is 2. The van der Waals surface area contributed by atoms with Gasteiger partial charge in [-0.2, -0.15) is 0 Å². The topological polar surface area (TPSA) is 50.4 Å². The van der Waals surface area contributed by atoms with Gasteiger partial charge in [-0.05, 0) is 55.8 Å². The van der Waals surface area contributed by atoms with Crippen LogP contribution in [0.2, 0.25) is 0 Å². The molecule has 5 heteroatoms. The normalized spacial score (nSPS) is 17.0. The van der Waals surface area contributed by atoms with Gasteiger partial charge in [-0.25, -0.2) is 0 Å². The average Bonchev–Trinajstić information content (AvgIpc) is 2.58. The molecule has 0 spiro atoms. The molecule has 2 aromatic carbocycles. The van der Waals surface area contributed by atoms with Crippen molar-refractivity contribution in [2.75, 3.05) is 18.4 Å². The van der Waals surface area contributed by atoms with E-state index in [9.17, 15) is 4.79 Å². The highest BCUT2D eigenvalue weighted by Crippen LogP contribution is 2.23. The first-order valence-electron chi connectivity index (χ1n) is 7.66. The van der Waals surface area contributed by atoms with E-state index >= 15 is 0 Å². The summed E-state index contributed by atoms with van der Waals surface area (Å²) in [6.45, 7) is 1.77. The van der Waals surface area contributed by atoms with Crippen molar-refractivity contribution < 1.29 is 9.53 Å². The summed E-state index contributed by atoms with van der Waals surface area (Å²) in [6.07, 6.45) is 2.01. The zero-order valence-electron chi connectivity index (χ0n) is 12.8.